The number of methoxy groups -OCH3 is 1. The van der Waals surface area contributed by atoms with E-state index in [0.29, 0.717) is 5.56 Å². The minimum atomic E-state index is -1.04. The van der Waals surface area contributed by atoms with Crippen LogP contribution in [0.25, 0.3) is 0 Å². The zero-order valence-electron chi connectivity index (χ0n) is 7.80. The Labute approximate surface area is 81.9 Å². The van der Waals surface area contributed by atoms with Gasteiger partial charge in [-0.15, -0.1) is 0 Å². The molecule has 0 saturated carbocycles. The average Bonchev–Trinajstić information content (AvgIpc) is 2.27. The summed E-state index contributed by atoms with van der Waals surface area (Å²) in [7, 11) is 1.24. The highest BCUT2D eigenvalue weighted by molar-refractivity contribution is 5.88. The van der Waals surface area contributed by atoms with Crippen LogP contribution in [0.1, 0.15) is 11.7 Å². The Bertz CT molecular complexity index is 334. The Kier molecular flexibility index (Phi) is 3.36. The molecule has 4 heteroatoms. The molecule has 0 radical (unpaired) electrons. The summed E-state index contributed by atoms with van der Waals surface area (Å²) < 4.78 is 4.44. The number of esters is 1. The van der Waals surface area contributed by atoms with E-state index < -0.39 is 12.1 Å². The van der Waals surface area contributed by atoms with Crippen molar-refractivity contribution in [2.24, 2.45) is 0 Å². The molecule has 1 N–H and O–H groups in total. The number of hydrogen-bond acceptors (Lipinski definition) is 4. The van der Waals surface area contributed by atoms with Crippen molar-refractivity contribution < 1.29 is 14.6 Å². The lowest BCUT2D eigenvalue weighted by molar-refractivity contribution is -0.137. The number of hydrogen-bond donors (Lipinski definition) is 1. The van der Waals surface area contributed by atoms with E-state index in [1.54, 1.807) is 12.1 Å². The van der Waals surface area contributed by atoms with E-state index in [2.05, 4.69) is 16.3 Å². The molecule has 74 valence electrons. The summed E-state index contributed by atoms with van der Waals surface area (Å²) in [5.74, 6) is -0.616. The van der Waals surface area contributed by atoms with Gasteiger partial charge >= 0.3 is 5.97 Å². The topological polar surface area (TPSA) is 59.4 Å². The van der Waals surface area contributed by atoms with Gasteiger partial charge in [-0.3, -0.25) is 4.98 Å². The van der Waals surface area contributed by atoms with Crippen LogP contribution in [0.5, 0.6) is 0 Å². The number of aromatic nitrogens is 1. The summed E-state index contributed by atoms with van der Waals surface area (Å²) in [5.41, 5.74) is 0.578. The smallest absolute Gasteiger partial charge is 0.336 e. The van der Waals surface area contributed by atoms with Gasteiger partial charge in [0.05, 0.1) is 12.7 Å². The molecule has 0 amide bonds. The number of aliphatic hydroxyl groups is 1. The van der Waals surface area contributed by atoms with Crippen molar-refractivity contribution in [3.63, 3.8) is 0 Å². The van der Waals surface area contributed by atoms with Crippen LogP contribution in [-0.4, -0.2) is 23.2 Å². The Morgan fingerprint density at radius 1 is 1.57 bits per heavy atom. The van der Waals surface area contributed by atoms with E-state index in [9.17, 15) is 9.90 Å². The van der Waals surface area contributed by atoms with E-state index in [-0.39, 0.29) is 5.57 Å². The molecule has 1 heterocycles. The summed E-state index contributed by atoms with van der Waals surface area (Å²) in [6.45, 7) is 3.46. The minimum Gasteiger partial charge on any atom is -0.466 e. The van der Waals surface area contributed by atoms with Gasteiger partial charge in [-0.25, -0.2) is 4.79 Å². The van der Waals surface area contributed by atoms with E-state index in [1.165, 1.54) is 19.5 Å². The Morgan fingerprint density at radius 2 is 2.14 bits per heavy atom. The molecule has 0 saturated heterocycles. The fraction of sp³-hybridized carbons (Fsp3) is 0.200. The summed E-state index contributed by atoms with van der Waals surface area (Å²) in [6.07, 6.45) is 2.03. The predicted molar refractivity (Wildman–Crippen MR) is 50.4 cm³/mol. The van der Waals surface area contributed by atoms with Crippen molar-refractivity contribution >= 4 is 5.97 Å². The highest BCUT2D eigenvalue weighted by atomic mass is 16.5. The first-order valence-electron chi connectivity index (χ1n) is 4.02. The standard InChI is InChI=1S/C10H11NO3/c1-7(10(13)14-2)9(12)8-3-5-11-6-4-8/h3-6,9,12H,1H2,2H3/t9-/m1/s1. The normalized spacial score (nSPS) is 11.9. The molecule has 0 aromatic carbocycles. The Morgan fingerprint density at radius 3 is 2.64 bits per heavy atom. The predicted octanol–water partition coefficient (Wildman–Crippen LogP) is 0.844. The number of carbonyl (C=O) groups excluding carboxylic acids is 1. The lowest BCUT2D eigenvalue weighted by Gasteiger charge is -2.11. The van der Waals surface area contributed by atoms with Crippen LogP contribution >= 0.6 is 0 Å². The van der Waals surface area contributed by atoms with Crippen LogP contribution in [-0.2, 0) is 9.53 Å². The van der Waals surface area contributed by atoms with Crippen LogP contribution < -0.4 is 0 Å². The van der Waals surface area contributed by atoms with Crippen LogP contribution in [0.15, 0.2) is 36.7 Å². The maximum atomic E-state index is 11.0. The SMILES string of the molecule is C=C(C(=O)OC)[C@@H](O)c1ccncc1. The second kappa shape index (κ2) is 4.53. The zero-order chi connectivity index (χ0) is 10.6. The third kappa shape index (κ3) is 2.17. The summed E-state index contributed by atoms with van der Waals surface area (Å²) in [5, 5.41) is 9.66. The molecule has 1 aromatic rings. The number of pyridine rings is 1. The summed E-state index contributed by atoms with van der Waals surface area (Å²) in [6, 6.07) is 3.22. The van der Waals surface area contributed by atoms with E-state index in [0.717, 1.165) is 0 Å². The zero-order valence-corrected chi connectivity index (χ0v) is 7.80. The van der Waals surface area contributed by atoms with Crippen molar-refractivity contribution in [3.05, 3.63) is 42.2 Å². The largest absolute Gasteiger partial charge is 0.466 e. The van der Waals surface area contributed by atoms with Crippen molar-refractivity contribution in [1.29, 1.82) is 0 Å². The second-order valence-electron chi connectivity index (χ2n) is 2.70. The highest BCUT2D eigenvalue weighted by Gasteiger charge is 2.18. The van der Waals surface area contributed by atoms with Gasteiger partial charge in [0.1, 0.15) is 6.10 Å². The Balaban J connectivity index is 2.81. The van der Waals surface area contributed by atoms with Crippen LogP contribution in [0.2, 0.25) is 0 Å². The van der Waals surface area contributed by atoms with Crippen molar-refractivity contribution in [2.75, 3.05) is 7.11 Å². The third-order valence-corrected chi connectivity index (χ3v) is 1.80. The number of carbonyl (C=O) groups is 1. The van der Waals surface area contributed by atoms with Crippen LogP contribution in [0, 0.1) is 0 Å². The molecule has 0 aliphatic carbocycles. The van der Waals surface area contributed by atoms with Gasteiger partial charge < -0.3 is 9.84 Å². The maximum absolute atomic E-state index is 11.0. The molecule has 1 aromatic heterocycles. The molecule has 4 nitrogen and oxygen atoms in total. The molecule has 14 heavy (non-hydrogen) atoms. The lowest BCUT2D eigenvalue weighted by Crippen LogP contribution is -2.11. The molecule has 0 spiro atoms. The van der Waals surface area contributed by atoms with Gasteiger partial charge in [-0.05, 0) is 17.7 Å². The molecule has 1 rings (SSSR count). The second-order valence-corrected chi connectivity index (χ2v) is 2.70. The Hall–Kier alpha value is -1.68. The van der Waals surface area contributed by atoms with Gasteiger partial charge in [0, 0.05) is 12.4 Å². The molecular formula is C10H11NO3. The summed E-state index contributed by atoms with van der Waals surface area (Å²) >= 11 is 0. The van der Waals surface area contributed by atoms with Gasteiger partial charge in [-0.1, -0.05) is 6.58 Å². The first-order chi connectivity index (χ1) is 6.66. The van der Waals surface area contributed by atoms with Gasteiger partial charge in [-0.2, -0.15) is 0 Å². The fourth-order valence-electron chi connectivity index (χ4n) is 0.990. The number of ether oxygens (including phenoxy) is 1. The third-order valence-electron chi connectivity index (χ3n) is 1.80. The van der Waals surface area contributed by atoms with Gasteiger partial charge in [0.25, 0.3) is 0 Å². The maximum Gasteiger partial charge on any atom is 0.336 e. The molecule has 0 fully saturated rings. The number of rotatable bonds is 3. The number of aliphatic hydroxyl groups excluding tert-OH is 1. The molecule has 1 atom stereocenters. The fourth-order valence-corrected chi connectivity index (χ4v) is 0.990. The summed E-state index contributed by atoms with van der Waals surface area (Å²) in [4.78, 5) is 14.8. The molecule has 0 bridgehead atoms. The van der Waals surface area contributed by atoms with Crippen molar-refractivity contribution in [2.45, 2.75) is 6.10 Å². The van der Waals surface area contributed by atoms with Crippen molar-refractivity contribution in [3.8, 4) is 0 Å². The van der Waals surface area contributed by atoms with Crippen molar-refractivity contribution in [1.82, 2.24) is 4.98 Å². The average molecular weight is 193 g/mol. The van der Waals surface area contributed by atoms with Crippen LogP contribution in [0.3, 0.4) is 0 Å². The highest BCUT2D eigenvalue weighted by Crippen LogP contribution is 2.19. The quantitative estimate of drug-likeness (QED) is 0.571. The number of nitrogens with zero attached hydrogens (tertiary/aromatic N) is 1. The molecule has 0 unspecified atom stereocenters. The first kappa shape index (κ1) is 10.4. The lowest BCUT2D eigenvalue weighted by atomic mass is 10.0. The monoisotopic (exact) mass is 193 g/mol. The van der Waals surface area contributed by atoms with E-state index >= 15 is 0 Å². The van der Waals surface area contributed by atoms with E-state index in [1.807, 2.05) is 0 Å². The molecule has 0 aliphatic heterocycles. The van der Waals surface area contributed by atoms with Gasteiger partial charge in [0.2, 0.25) is 0 Å². The van der Waals surface area contributed by atoms with Gasteiger partial charge in [0.15, 0.2) is 0 Å². The molecule has 0 aliphatic rings. The first-order valence-corrected chi connectivity index (χ1v) is 4.02. The van der Waals surface area contributed by atoms with Crippen LogP contribution in [0.4, 0.5) is 0 Å². The van der Waals surface area contributed by atoms with E-state index in [4.69, 9.17) is 0 Å². The minimum absolute atomic E-state index is 0.0127. The molecular weight excluding hydrogens is 182 g/mol.